The number of benzene rings is 2. The summed E-state index contributed by atoms with van der Waals surface area (Å²) in [5, 5.41) is 25.9. The van der Waals surface area contributed by atoms with Gasteiger partial charge in [-0.3, -0.25) is 33.7 Å². The number of piperidine rings is 1. The minimum atomic E-state index is -4.39. The SMILES string of the molecule is Cc1ncsc1-c1ccc(CNC(=O)[C@@H]2C[C@@H](O)CN2C(=O)[C@@H](NC(=O)CN2CCC(CN3CCN(c4ccc(-c5cnc6[nH]cc(C(=O)c7c(F)ccc(NS(=O)(=O)N8CC[C@@H](F)C8)c7F)c6c5)nn4)CC3)CC2)C(C)(C)C)cc1. The number of nitrogens with zero attached hydrogens (tertiary/aromatic N) is 9. The summed E-state index contributed by atoms with van der Waals surface area (Å²) in [7, 11) is -4.39. The summed E-state index contributed by atoms with van der Waals surface area (Å²) in [6, 6.07) is 13.0. The Labute approximate surface area is 471 Å². The predicted octanol–water partition coefficient (Wildman–Crippen LogP) is 5.30. The Kier molecular flexibility index (Phi) is 16.9. The van der Waals surface area contributed by atoms with E-state index in [1.165, 1.54) is 17.3 Å². The standard InChI is InChI=1S/C56H66F3N13O7S2/c1-33-51(80-32-63-33)36-7-5-34(6-8-36)25-62-54(76)45-24-39(73)30-72(45)55(77)52(56(2,3)4)64-47(74)31-68-16-13-35(14-17-68)28-69-19-21-70(22-20-69)46-12-11-43(65-66-46)37-23-40-41(27-61-53(40)60-26-37)50(75)48-42(58)9-10-44(49(48)59)67-81(78,79)71-18-15-38(57)29-71/h5-12,23,26-27,32,35,38-39,45,52,67,73H,13-22,24-25,28-31H2,1-4H3,(H,60,61)(H,62,76)(H,64,74)/t38-,39-,45+,52-/m1/s1. The first-order chi connectivity index (χ1) is 38.7. The fourth-order valence-electron chi connectivity index (χ4n) is 11.1. The van der Waals surface area contributed by atoms with E-state index in [0.29, 0.717) is 23.0 Å². The number of likely N-dealkylation sites (tertiary alicyclic amines) is 2. The fraction of sp³-hybridized carbons (Fsp3) is 0.464. The Morgan fingerprint density at radius 3 is 2.31 bits per heavy atom. The molecule has 4 aliphatic rings. The molecule has 4 aromatic heterocycles. The number of ketones is 1. The minimum absolute atomic E-state index is 0.00604. The molecule has 2 aromatic carbocycles. The maximum atomic E-state index is 15.8. The third kappa shape index (κ3) is 12.9. The van der Waals surface area contributed by atoms with E-state index < -0.39 is 81.1 Å². The summed E-state index contributed by atoms with van der Waals surface area (Å²) in [5.74, 6) is -3.58. The average Bonchev–Trinajstić information content (AvgIpc) is 4.41. The van der Waals surface area contributed by atoms with Gasteiger partial charge in [-0.25, -0.2) is 23.1 Å². The number of carbonyl (C=O) groups excluding carboxylic acids is 4. The van der Waals surface area contributed by atoms with Crippen LogP contribution in [-0.4, -0.2) is 178 Å². The summed E-state index contributed by atoms with van der Waals surface area (Å²) < 4.78 is 73.3. The first-order valence-electron chi connectivity index (χ1n) is 27.2. The smallest absolute Gasteiger partial charge is 0.301 e. The number of fused-ring (bicyclic) bond motifs is 1. The number of aromatic amines is 1. The van der Waals surface area contributed by atoms with Crippen LogP contribution in [0.3, 0.4) is 0 Å². The van der Waals surface area contributed by atoms with Gasteiger partial charge in [0.2, 0.25) is 23.5 Å². The molecule has 0 bridgehead atoms. The number of aliphatic hydroxyl groups excluding tert-OH is 1. The van der Waals surface area contributed by atoms with Gasteiger partial charge in [0, 0.05) is 94.2 Å². The maximum absolute atomic E-state index is 15.8. The Hall–Kier alpha value is -6.90. The molecular weight excluding hydrogens is 1090 g/mol. The lowest BCUT2D eigenvalue weighted by Gasteiger charge is -2.39. The zero-order valence-corrected chi connectivity index (χ0v) is 47.1. The van der Waals surface area contributed by atoms with Gasteiger partial charge < -0.3 is 30.5 Å². The number of hydrogen-bond acceptors (Lipinski definition) is 15. The lowest BCUT2D eigenvalue weighted by Crippen LogP contribution is -2.59. The molecule has 4 saturated heterocycles. The van der Waals surface area contributed by atoms with Crippen LogP contribution in [-0.2, 0) is 31.1 Å². The summed E-state index contributed by atoms with van der Waals surface area (Å²) in [4.78, 5) is 76.0. The highest BCUT2D eigenvalue weighted by molar-refractivity contribution is 7.90. The van der Waals surface area contributed by atoms with Crippen molar-refractivity contribution in [2.75, 3.05) is 81.6 Å². The molecule has 81 heavy (non-hydrogen) atoms. The van der Waals surface area contributed by atoms with Gasteiger partial charge in [-0.1, -0.05) is 45.0 Å². The van der Waals surface area contributed by atoms with Crippen molar-refractivity contribution in [2.45, 2.75) is 84.3 Å². The van der Waals surface area contributed by atoms with Gasteiger partial charge in [0.05, 0.1) is 45.7 Å². The normalized spacial score (nSPS) is 20.2. The third-order valence-corrected chi connectivity index (χ3v) is 18.2. The van der Waals surface area contributed by atoms with Crippen molar-refractivity contribution in [1.29, 1.82) is 0 Å². The number of alkyl halides is 1. The van der Waals surface area contributed by atoms with Crippen molar-refractivity contribution in [1.82, 2.24) is 54.8 Å². The molecule has 4 atom stereocenters. The number of carbonyl (C=O) groups is 4. The van der Waals surface area contributed by atoms with Gasteiger partial charge in [0.15, 0.2) is 11.6 Å². The highest BCUT2D eigenvalue weighted by atomic mass is 32.2. The van der Waals surface area contributed by atoms with E-state index in [4.69, 9.17) is 0 Å². The average molecular weight is 1150 g/mol. The number of aliphatic hydroxyl groups is 1. The Balaban J connectivity index is 0.678. The molecule has 4 fully saturated rings. The molecule has 0 radical (unpaired) electrons. The van der Waals surface area contributed by atoms with Crippen LogP contribution in [0.5, 0.6) is 0 Å². The topological polar surface area (TPSA) is 242 Å². The molecule has 0 aliphatic carbocycles. The number of thiazole rings is 1. The largest absolute Gasteiger partial charge is 0.391 e. The van der Waals surface area contributed by atoms with Gasteiger partial charge >= 0.3 is 10.2 Å². The second-order valence-corrected chi connectivity index (χ2v) is 25.0. The molecule has 8 heterocycles. The highest BCUT2D eigenvalue weighted by Gasteiger charge is 2.45. The molecule has 3 amide bonds. The Bertz CT molecular complexity index is 3400. The lowest BCUT2D eigenvalue weighted by atomic mass is 9.85. The number of aromatic nitrogens is 5. The number of amides is 3. The number of rotatable bonds is 17. The van der Waals surface area contributed by atoms with Crippen molar-refractivity contribution in [2.24, 2.45) is 11.3 Å². The van der Waals surface area contributed by atoms with Crippen LogP contribution in [0.4, 0.5) is 24.7 Å². The second-order valence-electron chi connectivity index (χ2n) is 22.5. The molecule has 10 rings (SSSR count). The summed E-state index contributed by atoms with van der Waals surface area (Å²) in [5.41, 5.74) is 3.49. The van der Waals surface area contributed by atoms with Gasteiger partial charge in [-0.2, -0.15) is 12.7 Å². The zero-order chi connectivity index (χ0) is 57.3. The van der Waals surface area contributed by atoms with E-state index >= 15 is 8.78 Å². The summed E-state index contributed by atoms with van der Waals surface area (Å²) in [6.07, 6.45) is 2.48. The molecule has 0 unspecified atom stereocenters. The first-order valence-corrected chi connectivity index (χ1v) is 29.5. The highest BCUT2D eigenvalue weighted by Crippen LogP contribution is 2.33. The van der Waals surface area contributed by atoms with Crippen molar-refractivity contribution in [3.8, 4) is 21.7 Å². The van der Waals surface area contributed by atoms with Gasteiger partial charge in [-0.15, -0.1) is 21.5 Å². The number of aryl methyl sites for hydroxylation is 1. The van der Waals surface area contributed by atoms with Gasteiger partial charge in [-0.05, 0) is 92.1 Å². The number of pyridine rings is 1. The molecule has 25 heteroatoms. The molecule has 5 N–H and O–H groups in total. The van der Waals surface area contributed by atoms with Crippen LogP contribution in [0.2, 0.25) is 0 Å². The van der Waals surface area contributed by atoms with E-state index in [1.54, 1.807) is 23.5 Å². The monoisotopic (exact) mass is 1150 g/mol. The predicted molar refractivity (Wildman–Crippen MR) is 300 cm³/mol. The number of piperazine rings is 1. The number of β-amino-alcohol motifs (C(OH)–C–C–N with tert-alkyl or cyclic N) is 1. The number of anilines is 2. The number of nitrogens with one attached hydrogen (secondary N) is 4. The fourth-order valence-corrected chi connectivity index (χ4v) is 13.2. The number of halogens is 3. The molecule has 4 aliphatic heterocycles. The van der Waals surface area contributed by atoms with Crippen molar-refractivity contribution in [3.63, 3.8) is 0 Å². The second kappa shape index (κ2) is 23.9. The summed E-state index contributed by atoms with van der Waals surface area (Å²) in [6.45, 7) is 12.9. The van der Waals surface area contributed by atoms with Crippen LogP contribution in [0, 0.1) is 29.9 Å². The molecule has 0 saturated carbocycles. The first kappa shape index (κ1) is 57.3. The molecular formula is C56H66F3N13O7S2. The molecule has 0 spiro atoms. The number of H-pyrrole nitrogens is 1. The van der Waals surface area contributed by atoms with Crippen molar-refractivity contribution < 1.29 is 45.9 Å². The van der Waals surface area contributed by atoms with E-state index in [1.807, 2.05) is 68.3 Å². The molecule has 6 aromatic rings. The quantitative estimate of drug-likeness (QED) is 0.0729. The Morgan fingerprint density at radius 2 is 1.64 bits per heavy atom. The van der Waals surface area contributed by atoms with Crippen LogP contribution in [0.1, 0.15) is 73.6 Å². The van der Waals surface area contributed by atoms with Gasteiger partial charge in [0.25, 0.3) is 0 Å². The number of hydrogen-bond donors (Lipinski definition) is 5. The third-order valence-electron chi connectivity index (χ3n) is 15.7. The summed E-state index contributed by atoms with van der Waals surface area (Å²) >= 11 is 1.57. The van der Waals surface area contributed by atoms with Crippen LogP contribution >= 0.6 is 11.3 Å². The van der Waals surface area contributed by atoms with Crippen molar-refractivity contribution in [3.05, 3.63) is 107 Å². The molecule has 20 nitrogen and oxygen atoms in total. The van der Waals surface area contributed by atoms with Crippen LogP contribution in [0.15, 0.2) is 72.5 Å². The van der Waals surface area contributed by atoms with Gasteiger partial charge in [0.1, 0.15) is 29.7 Å². The maximum Gasteiger partial charge on any atom is 0.301 e. The van der Waals surface area contributed by atoms with E-state index in [9.17, 15) is 37.1 Å². The van der Waals surface area contributed by atoms with Crippen LogP contribution in [0.25, 0.3) is 32.7 Å². The lowest BCUT2D eigenvalue weighted by molar-refractivity contribution is -0.144. The van der Waals surface area contributed by atoms with Crippen LogP contribution < -0.4 is 20.3 Å². The van der Waals surface area contributed by atoms with Crippen molar-refractivity contribution >= 4 is 67.6 Å². The Morgan fingerprint density at radius 1 is 0.889 bits per heavy atom. The minimum Gasteiger partial charge on any atom is -0.391 e. The van der Waals surface area contributed by atoms with E-state index in [-0.39, 0.29) is 67.4 Å². The molecule has 430 valence electrons. The zero-order valence-electron chi connectivity index (χ0n) is 45.5. The van der Waals surface area contributed by atoms with E-state index in [0.717, 1.165) is 96.8 Å². The van der Waals surface area contributed by atoms with E-state index in [2.05, 4.69) is 50.5 Å².